The maximum Gasteiger partial charge on any atom is 0.276 e. The van der Waals surface area contributed by atoms with Crippen LogP contribution in [0.4, 0.5) is 11.4 Å². The first kappa shape index (κ1) is 13.4. The maximum absolute atomic E-state index is 12.6. The molecule has 2 N–H and O–H groups in total. The number of amides is 1. The van der Waals surface area contributed by atoms with E-state index in [0.29, 0.717) is 17.9 Å². The highest BCUT2D eigenvalue weighted by Crippen LogP contribution is 2.31. The average molecular weight is 283 g/mol. The third kappa shape index (κ3) is 2.54. The molecule has 0 aliphatic carbocycles. The van der Waals surface area contributed by atoms with Crippen LogP contribution in [-0.2, 0) is 6.42 Å². The van der Waals surface area contributed by atoms with Crippen LogP contribution in [-0.4, -0.2) is 24.5 Å². The molecule has 0 atom stereocenters. The third-order valence-electron chi connectivity index (χ3n) is 3.66. The first-order chi connectivity index (χ1) is 10.2. The van der Waals surface area contributed by atoms with E-state index < -0.39 is 0 Å². The van der Waals surface area contributed by atoms with E-state index in [-0.39, 0.29) is 5.91 Å². The summed E-state index contributed by atoms with van der Waals surface area (Å²) >= 11 is 0. The second-order valence-corrected chi connectivity index (χ2v) is 5.03. The van der Waals surface area contributed by atoms with Gasteiger partial charge in [0.15, 0.2) is 0 Å². The number of nitrogens with zero attached hydrogens (tertiary/aromatic N) is 2. The summed E-state index contributed by atoms with van der Waals surface area (Å²) in [6.45, 7) is 0.699. The molecule has 0 saturated carbocycles. The number of anilines is 2. The summed E-state index contributed by atoms with van der Waals surface area (Å²) in [6.07, 6.45) is 3.39. The summed E-state index contributed by atoms with van der Waals surface area (Å²) in [7, 11) is 1.64. The quantitative estimate of drug-likeness (QED) is 0.918. The van der Waals surface area contributed by atoms with E-state index in [1.165, 1.54) is 6.20 Å². The highest BCUT2D eigenvalue weighted by molar-refractivity contribution is 6.05. The van der Waals surface area contributed by atoms with Gasteiger partial charge in [-0.25, -0.2) is 4.98 Å². The molecule has 1 aliphatic heterocycles. The topological polar surface area (TPSA) is 68.5 Å². The van der Waals surface area contributed by atoms with E-state index in [1.54, 1.807) is 24.1 Å². The van der Waals surface area contributed by atoms with Crippen LogP contribution >= 0.6 is 0 Å². The van der Waals surface area contributed by atoms with E-state index in [0.717, 1.165) is 29.8 Å². The van der Waals surface area contributed by atoms with Gasteiger partial charge < -0.3 is 15.4 Å². The van der Waals surface area contributed by atoms with E-state index in [1.807, 2.05) is 18.2 Å². The van der Waals surface area contributed by atoms with Gasteiger partial charge in [0.25, 0.3) is 5.91 Å². The van der Waals surface area contributed by atoms with E-state index in [4.69, 9.17) is 10.5 Å². The number of pyridine rings is 1. The van der Waals surface area contributed by atoms with Crippen molar-refractivity contribution in [2.24, 2.45) is 0 Å². The number of nitrogen functional groups attached to an aromatic ring is 1. The normalized spacial score (nSPS) is 13.7. The van der Waals surface area contributed by atoms with Crippen LogP contribution in [0.25, 0.3) is 0 Å². The summed E-state index contributed by atoms with van der Waals surface area (Å²) in [6, 6.07) is 9.16. The standard InChI is InChI=1S/C16H17N3O2/c1-21-13-5-7-15-11(9-13)3-2-8-19(15)16(20)14-6-4-12(17)10-18-14/h4-7,9-10H,2-3,8,17H2,1H3. The average Bonchev–Trinajstić information content (AvgIpc) is 2.53. The fourth-order valence-electron chi connectivity index (χ4n) is 2.58. The van der Waals surface area contributed by atoms with Gasteiger partial charge in [-0.3, -0.25) is 4.79 Å². The molecule has 0 fully saturated rings. The molecule has 108 valence electrons. The molecule has 2 heterocycles. The van der Waals surface area contributed by atoms with Crippen LogP contribution in [0.2, 0.25) is 0 Å². The Labute approximate surface area is 123 Å². The largest absolute Gasteiger partial charge is 0.497 e. The Kier molecular flexibility index (Phi) is 3.48. The summed E-state index contributed by atoms with van der Waals surface area (Å²) in [4.78, 5) is 18.5. The molecule has 0 unspecified atom stereocenters. The van der Waals surface area contributed by atoms with Crippen molar-refractivity contribution in [3.8, 4) is 5.75 Å². The molecule has 5 nitrogen and oxygen atoms in total. The van der Waals surface area contributed by atoms with Crippen LogP contribution < -0.4 is 15.4 Å². The fourth-order valence-corrected chi connectivity index (χ4v) is 2.58. The number of fused-ring (bicyclic) bond motifs is 1. The molecule has 0 bridgehead atoms. The number of rotatable bonds is 2. The second kappa shape index (κ2) is 5.44. The number of methoxy groups -OCH3 is 1. The smallest absolute Gasteiger partial charge is 0.276 e. The summed E-state index contributed by atoms with van der Waals surface area (Å²) in [5.41, 5.74) is 8.64. The highest BCUT2D eigenvalue weighted by Gasteiger charge is 2.24. The molecule has 1 aromatic carbocycles. The van der Waals surface area contributed by atoms with Gasteiger partial charge in [-0.2, -0.15) is 0 Å². The number of nitrogens with two attached hydrogens (primary N) is 1. The van der Waals surface area contributed by atoms with Crippen molar-refractivity contribution < 1.29 is 9.53 Å². The van der Waals surface area contributed by atoms with Gasteiger partial charge in [-0.05, 0) is 48.7 Å². The van der Waals surface area contributed by atoms with Crippen molar-refractivity contribution in [3.63, 3.8) is 0 Å². The van der Waals surface area contributed by atoms with Gasteiger partial charge >= 0.3 is 0 Å². The molecule has 0 spiro atoms. The predicted molar refractivity (Wildman–Crippen MR) is 81.6 cm³/mol. The minimum Gasteiger partial charge on any atom is -0.497 e. The first-order valence-electron chi connectivity index (χ1n) is 6.89. The third-order valence-corrected chi connectivity index (χ3v) is 3.66. The molecule has 5 heteroatoms. The number of carbonyl (C=O) groups is 1. The Bertz CT molecular complexity index is 668. The molecular weight excluding hydrogens is 266 g/mol. The zero-order valence-electron chi connectivity index (χ0n) is 11.9. The summed E-state index contributed by atoms with van der Waals surface area (Å²) in [5, 5.41) is 0. The zero-order valence-corrected chi connectivity index (χ0v) is 11.9. The number of carbonyl (C=O) groups excluding carboxylic acids is 1. The summed E-state index contributed by atoms with van der Waals surface area (Å²) < 4.78 is 5.24. The molecule has 1 aliphatic rings. The number of aryl methyl sites for hydroxylation is 1. The number of aromatic nitrogens is 1. The van der Waals surface area contributed by atoms with Crippen LogP contribution in [0, 0.1) is 0 Å². The number of hydrogen-bond acceptors (Lipinski definition) is 4. The number of hydrogen-bond donors (Lipinski definition) is 1. The Morgan fingerprint density at radius 2 is 2.19 bits per heavy atom. The minimum atomic E-state index is -0.0962. The van der Waals surface area contributed by atoms with Gasteiger partial charge in [0.2, 0.25) is 0 Å². The van der Waals surface area contributed by atoms with Crippen molar-refractivity contribution in [2.45, 2.75) is 12.8 Å². The van der Waals surface area contributed by atoms with Gasteiger partial charge in [0.05, 0.1) is 19.0 Å². The van der Waals surface area contributed by atoms with E-state index >= 15 is 0 Å². The molecule has 1 aromatic heterocycles. The van der Waals surface area contributed by atoms with Crippen LogP contribution in [0.3, 0.4) is 0 Å². The highest BCUT2D eigenvalue weighted by atomic mass is 16.5. The number of ether oxygens (including phenoxy) is 1. The minimum absolute atomic E-state index is 0.0962. The molecule has 1 amide bonds. The molecule has 2 aromatic rings. The maximum atomic E-state index is 12.6. The fraction of sp³-hybridized carbons (Fsp3) is 0.250. The Balaban J connectivity index is 1.94. The van der Waals surface area contributed by atoms with Crippen molar-refractivity contribution in [3.05, 3.63) is 47.8 Å². The van der Waals surface area contributed by atoms with Gasteiger partial charge in [0.1, 0.15) is 11.4 Å². The van der Waals surface area contributed by atoms with Crippen molar-refractivity contribution in [1.29, 1.82) is 0 Å². The van der Waals surface area contributed by atoms with E-state index in [2.05, 4.69) is 4.98 Å². The molecule has 0 saturated heterocycles. The monoisotopic (exact) mass is 283 g/mol. The van der Waals surface area contributed by atoms with Crippen molar-refractivity contribution >= 4 is 17.3 Å². The number of benzene rings is 1. The van der Waals surface area contributed by atoms with Crippen LogP contribution in [0.15, 0.2) is 36.5 Å². The second-order valence-electron chi connectivity index (χ2n) is 5.03. The van der Waals surface area contributed by atoms with Gasteiger partial charge in [0, 0.05) is 12.2 Å². The Morgan fingerprint density at radius 1 is 1.33 bits per heavy atom. The Hall–Kier alpha value is -2.56. The van der Waals surface area contributed by atoms with Crippen LogP contribution in [0.1, 0.15) is 22.5 Å². The van der Waals surface area contributed by atoms with E-state index in [9.17, 15) is 4.79 Å². The van der Waals surface area contributed by atoms with Crippen molar-refractivity contribution in [1.82, 2.24) is 4.98 Å². The SMILES string of the molecule is COc1ccc2c(c1)CCCN2C(=O)c1ccc(N)cn1. The lowest BCUT2D eigenvalue weighted by atomic mass is 10.0. The lowest BCUT2D eigenvalue weighted by molar-refractivity contribution is 0.0980. The Morgan fingerprint density at radius 3 is 2.90 bits per heavy atom. The lowest BCUT2D eigenvalue weighted by Gasteiger charge is -2.29. The molecule has 21 heavy (non-hydrogen) atoms. The lowest BCUT2D eigenvalue weighted by Crippen LogP contribution is -2.35. The molecule has 0 radical (unpaired) electrons. The van der Waals surface area contributed by atoms with Crippen LogP contribution in [0.5, 0.6) is 5.75 Å². The molecule has 3 rings (SSSR count). The van der Waals surface area contributed by atoms with Gasteiger partial charge in [-0.15, -0.1) is 0 Å². The van der Waals surface area contributed by atoms with Crippen molar-refractivity contribution in [2.75, 3.05) is 24.3 Å². The first-order valence-corrected chi connectivity index (χ1v) is 6.89. The van der Waals surface area contributed by atoms with Gasteiger partial charge in [-0.1, -0.05) is 0 Å². The molecular formula is C16H17N3O2. The zero-order chi connectivity index (χ0) is 14.8. The summed E-state index contributed by atoms with van der Waals surface area (Å²) in [5.74, 6) is 0.717. The predicted octanol–water partition coefficient (Wildman–Crippen LogP) is 2.27.